The lowest BCUT2D eigenvalue weighted by Gasteiger charge is -2.45. The first-order valence-electron chi connectivity index (χ1n) is 13.6. The number of nitrogens with zero attached hydrogens (tertiary/aromatic N) is 2. The Morgan fingerprint density at radius 2 is 1.27 bits per heavy atom. The number of hydrogen-bond acceptors (Lipinski definition) is 5. The van der Waals surface area contributed by atoms with Gasteiger partial charge in [-0.15, -0.1) is 0 Å². The number of hydrogen-bond donors (Lipinski definition) is 1. The van der Waals surface area contributed by atoms with Crippen molar-refractivity contribution in [3.63, 3.8) is 0 Å². The lowest BCUT2D eigenvalue weighted by atomic mass is 9.55. The van der Waals surface area contributed by atoms with Crippen molar-refractivity contribution in [3.05, 3.63) is 141 Å². The van der Waals surface area contributed by atoms with Crippen LogP contribution < -0.4 is 5.32 Å². The van der Waals surface area contributed by atoms with E-state index in [0.717, 1.165) is 27.8 Å². The van der Waals surface area contributed by atoms with Gasteiger partial charge in [-0.2, -0.15) is 0 Å². The fourth-order valence-corrected chi connectivity index (χ4v) is 7.07. The normalized spacial score (nSPS) is 22.5. The molecule has 3 amide bonds. The standard InChI is InChI=1S/C33H25N3O5/c37-31(34-20-11-8-12-21(18-20)36(40)41)26(17-19-9-2-1-3-10-19)35-32(38)29-27-22-13-4-5-14-23(22)28(30(29)33(35)39)25-16-7-6-15-24(25)27/h1-16,18,26-30H,17H2,(H,34,37)/t26-,27?,28?,29+,30+/m1/s1. The van der Waals surface area contributed by atoms with E-state index in [2.05, 4.69) is 5.32 Å². The van der Waals surface area contributed by atoms with E-state index >= 15 is 0 Å². The van der Waals surface area contributed by atoms with Crippen molar-refractivity contribution in [1.29, 1.82) is 0 Å². The summed E-state index contributed by atoms with van der Waals surface area (Å²) < 4.78 is 0. The number of carbonyl (C=O) groups excluding carboxylic acids is 3. The molecular formula is C33H25N3O5. The predicted octanol–water partition coefficient (Wildman–Crippen LogP) is 5.04. The molecular weight excluding hydrogens is 518 g/mol. The molecule has 3 atom stereocenters. The molecule has 0 spiro atoms. The van der Waals surface area contributed by atoms with Crippen molar-refractivity contribution in [1.82, 2.24) is 4.90 Å². The van der Waals surface area contributed by atoms with E-state index < -0.39 is 28.7 Å². The van der Waals surface area contributed by atoms with Crippen molar-refractivity contribution in [2.45, 2.75) is 24.3 Å². The van der Waals surface area contributed by atoms with Gasteiger partial charge in [-0.05, 0) is 33.9 Å². The number of carbonyl (C=O) groups is 3. The topological polar surface area (TPSA) is 110 Å². The second kappa shape index (κ2) is 9.52. The van der Waals surface area contributed by atoms with Gasteiger partial charge in [0.25, 0.3) is 5.69 Å². The zero-order chi connectivity index (χ0) is 28.2. The van der Waals surface area contributed by atoms with E-state index in [4.69, 9.17) is 0 Å². The van der Waals surface area contributed by atoms with E-state index in [-0.39, 0.29) is 41.4 Å². The van der Waals surface area contributed by atoms with Crippen LogP contribution in [0.15, 0.2) is 103 Å². The minimum atomic E-state index is -1.13. The molecule has 4 aliphatic rings. The van der Waals surface area contributed by atoms with Crippen LogP contribution in [0.5, 0.6) is 0 Å². The highest BCUT2D eigenvalue weighted by molar-refractivity contribution is 6.11. The number of nitro benzene ring substituents is 1. The molecule has 0 aromatic heterocycles. The van der Waals surface area contributed by atoms with Crippen LogP contribution in [0.2, 0.25) is 0 Å². The Morgan fingerprint density at radius 3 is 1.78 bits per heavy atom. The van der Waals surface area contributed by atoms with Gasteiger partial charge >= 0.3 is 0 Å². The number of non-ortho nitro benzene ring substituents is 1. The average Bonchev–Trinajstić information content (AvgIpc) is 3.26. The number of benzene rings is 4. The Kier molecular flexibility index (Phi) is 5.78. The van der Waals surface area contributed by atoms with Crippen LogP contribution in [0.4, 0.5) is 11.4 Å². The molecule has 1 fully saturated rings. The third-order valence-corrected chi connectivity index (χ3v) is 8.69. The molecule has 8 rings (SSSR count). The number of likely N-dealkylation sites (tertiary alicyclic amines) is 1. The second-order valence-corrected chi connectivity index (χ2v) is 10.8. The largest absolute Gasteiger partial charge is 0.324 e. The van der Waals surface area contributed by atoms with E-state index in [1.807, 2.05) is 78.9 Å². The summed E-state index contributed by atoms with van der Waals surface area (Å²) in [6.45, 7) is 0. The smallest absolute Gasteiger partial charge is 0.271 e. The Bertz CT molecular complexity index is 1620. The maximum atomic E-state index is 14.3. The highest BCUT2D eigenvalue weighted by atomic mass is 16.6. The van der Waals surface area contributed by atoms with Crippen LogP contribution in [0.1, 0.15) is 39.7 Å². The highest BCUT2D eigenvalue weighted by Crippen LogP contribution is 2.61. The van der Waals surface area contributed by atoms with Gasteiger partial charge in [0.2, 0.25) is 17.7 Å². The molecule has 0 saturated carbocycles. The number of rotatable bonds is 6. The number of nitrogens with one attached hydrogen (secondary N) is 1. The third-order valence-electron chi connectivity index (χ3n) is 8.69. The summed E-state index contributed by atoms with van der Waals surface area (Å²) in [5.74, 6) is -3.06. The van der Waals surface area contributed by atoms with Crippen LogP contribution in [0.25, 0.3) is 0 Å². The molecule has 1 aliphatic heterocycles. The molecule has 0 radical (unpaired) electrons. The first kappa shape index (κ1) is 24.9. The Balaban J connectivity index is 1.30. The molecule has 1 heterocycles. The first-order chi connectivity index (χ1) is 19.9. The summed E-state index contributed by atoms with van der Waals surface area (Å²) in [5.41, 5.74) is 5.06. The van der Waals surface area contributed by atoms with Crippen LogP contribution >= 0.6 is 0 Å². The van der Waals surface area contributed by atoms with Crippen molar-refractivity contribution in [3.8, 4) is 0 Å². The molecule has 3 aliphatic carbocycles. The number of anilines is 1. The van der Waals surface area contributed by atoms with E-state index in [1.54, 1.807) is 6.07 Å². The Morgan fingerprint density at radius 1 is 0.756 bits per heavy atom. The molecule has 4 aromatic carbocycles. The quantitative estimate of drug-likeness (QED) is 0.208. The molecule has 1 N–H and O–H groups in total. The van der Waals surface area contributed by atoms with Crippen molar-refractivity contribution >= 4 is 29.1 Å². The molecule has 8 heteroatoms. The number of imide groups is 1. The summed E-state index contributed by atoms with van der Waals surface area (Å²) in [7, 11) is 0. The summed E-state index contributed by atoms with van der Waals surface area (Å²) >= 11 is 0. The summed E-state index contributed by atoms with van der Waals surface area (Å²) in [4.78, 5) is 54.5. The first-order valence-corrected chi connectivity index (χ1v) is 13.6. The van der Waals surface area contributed by atoms with E-state index in [9.17, 15) is 24.5 Å². The van der Waals surface area contributed by atoms with Gasteiger partial charge in [-0.25, -0.2) is 0 Å². The van der Waals surface area contributed by atoms with Crippen molar-refractivity contribution < 1.29 is 19.3 Å². The van der Waals surface area contributed by atoms with Crippen LogP contribution in [0.3, 0.4) is 0 Å². The SMILES string of the molecule is O=C(Nc1cccc([N+](=O)[O-])c1)[C@@H](Cc1ccccc1)N1C(=O)[C@H]2C3c4ccccc4C(c4ccccc43)[C@@H]2C1=O. The summed E-state index contributed by atoms with van der Waals surface area (Å²) in [6, 6.07) is 29.7. The Labute approximate surface area is 235 Å². The summed E-state index contributed by atoms with van der Waals surface area (Å²) in [6.07, 6.45) is 0.119. The van der Waals surface area contributed by atoms with Gasteiger partial charge in [0.1, 0.15) is 6.04 Å². The van der Waals surface area contributed by atoms with Gasteiger partial charge in [-0.3, -0.25) is 29.4 Å². The Hall–Kier alpha value is -5.11. The van der Waals surface area contributed by atoms with Crippen molar-refractivity contribution in [2.24, 2.45) is 11.8 Å². The molecule has 202 valence electrons. The lowest BCUT2D eigenvalue weighted by molar-refractivity contribution is -0.384. The maximum absolute atomic E-state index is 14.3. The van der Waals surface area contributed by atoms with Crippen molar-refractivity contribution in [2.75, 3.05) is 5.32 Å². The van der Waals surface area contributed by atoms with Gasteiger partial charge in [0, 0.05) is 36.1 Å². The predicted molar refractivity (Wildman–Crippen MR) is 151 cm³/mol. The average molecular weight is 544 g/mol. The van der Waals surface area contributed by atoms with E-state index in [0.29, 0.717) is 0 Å². The number of amides is 3. The van der Waals surface area contributed by atoms with Gasteiger partial charge < -0.3 is 5.32 Å². The zero-order valence-electron chi connectivity index (χ0n) is 21.8. The van der Waals surface area contributed by atoms with E-state index in [1.165, 1.54) is 23.1 Å². The lowest BCUT2D eigenvalue weighted by Crippen LogP contribution is -2.49. The molecule has 8 nitrogen and oxygen atoms in total. The second-order valence-electron chi connectivity index (χ2n) is 10.8. The monoisotopic (exact) mass is 543 g/mol. The van der Waals surface area contributed by atoms with Gasteiger partial charge in [-0.1, -0.05) is 84.9 Å². The number of nitro groups is 1. The summed E-state index contributed by atoms with van der Waals surface area (Å²) in [5, 5.41) is 14.0. The zero-order valence-corrected chi connectivity index (χ0v) is 21.8. The maximum Gasteiger partial charge on any atom is 0.271 e. The molecule has 4 aromatic rings. The van der Waals surface area contributed by atoms with Crippen LogP contribution in [-0.2, 0) is 20.8 Å². The van der Waals surface area contributed by atoms with Crippen LogP contribution in [0, 0.1) is 22.0 Å². The molecule has 41 heavy (non-hydrogen) atoms. The van der Waals surface area contributed by atoms with Crippen LogP contribution in [-0.4, -0.2) is 33.6 Å². The highest BCUT2D eigenvalue weighted by Gasteiger charge is 2.63. The molecule has 0 unspecified atom stereocenters. The minimum absolute atomic E-state index is 0.119. The van der Waals surface area contributed by atoms with Gasteiger partial charge in [0.05, 0.1) is 16.8 Å². The molecule has 2 bridgehead atoms. The molecule has 1 saturated heterocycles. The van der Waals surface area contributed by atoms with Gasteiger partial charge in [0.15, 0.2) is 0 Å². The third kappa shape index (κ3) is 3.86. The fourth-order valence-electron chi connectivity index (χ4n) is 7.07. The fraction of sp³-hybridized carbons (Fsp3) is 0.182. The minimum Gasteiger partial charge on any atom is -0.324 e.